The summed E-state index contributed by atoms with van der Waals surface area (Å²) in [5.74, 6) is -0.351. The van der Waals surface area contributed by atoms with Gasteiger partial charge in [-0.25, -0.2) is 14.4 Å². The molecule has 0 unspecified atom stereocenters. The SMILES string of the molecule is Nc1nc(-c2cncc(F)c2)c2[nH]cnc2n1. The number of nitrogen functional groups attached to an aromatic ring is 1. The van der Waals surface area contributed by atoms with Crippen molar-refractivity contribution in [2.24, 2.45) is 0 Å². The van der Waals surface area contributed by atoms with Crippen molar-refractivity contribution in [2.75, 3.05) is 5.73 Å². The van der Waals surface area contributed by atoms with E-state index in [1.165, 1.54) is 18.6 Å². The second-order valence-corrected chi connectivity index (χ2v) is 3.42. The van der Waals surface area contributed by atoms with E-state index in [2.05, 4.69) is 24.9 Å². The molecule has 3 aromatic rings. The monoisotopic (exact) mass is 230 g/mol. The van der Waals surface area contributed by atoms with E-state index < -0.39 is 5.82 Å². The number of halogens is 1. The lowest BCUT2D eigenvalue weighted by atomic mass is 10.2. The van der Waals surface area contributed by atoms with Gasteiger partial charge in [0.1, 0.15) is 17.0 Å². The van der Waals surface area contributed by atoms with Gasteiger partial charge < -0.3 is 10.7 Å². The smallest absolute Gasteiger partial charge is 0.222 e. The third-order valence-corrected chi connectivity index (χ3v) is 2.28. The minimum Gasteiger partial charge on any atom is -0.368 e. The Labute approximate surface area is 94.8 Å². The largest absolute Gasteiger partial charge is 0.368 e. The van der Waals surface area contributed by atoms with Gasteiger partial charge in [-0.3, -0.25) is 4.98 Å². The number of nitrogens with zero attached hydrogens (tertiary/aromatic N) is 4. The maximum Gasteiger partial charge on any atom is 0.222 e. The van der Waals surface area contributed by atoms with E-state index in [9.17, 15) is 4.39 Å². The Balaban J connectivity index is 2.32. The summed E-state index contributed by atoms with van der Waals surface area (Å²) in [6, 6.07) is 1.33. The number of H-pyrrole nitrogens is 1. The molecule has 0 saturated heterocycles. The van der Waals surface area contributed by atoms with Crippen LogP contribution in [0.5, 0.6) is 0 Å². The van der Waals surface area contributed by atoms with Crippen LogP contribution in [0, 0.1) is 5.82 Å². The molecule has 17 heavy (non-hydrogen) atoms. The molecule has 0 amide bonds. The third kappa shape index (κ3) is 1.57. The quantitative estimate of drug-likeness (QED) is 0.653. The van der Waals surface area contributed by atoms with E-state index in [1.807, 2.05) is 0 Å². The van der Waals surface area contributed by atoms with E-state index in [4.69, 9.17) is 5.73 Å². The first kappa shape index (κ1) is 9.64. The standard InChI is InChI=1S/C10H7FN6/c11-6-1-5(2-13-3-6)7-8-9(15-4-14-8)17-10(12)16-7/h1-4H,(H3,12,14,15,16,17). The molecule has 0 aliphatic carbocycles. The lowest BCUT2D eigenvalue weighted by Gasteiger charge is -2.02. The highest BCUT2D eigenvalue weighted by atomic mass is 19.1. The topological polar surface area (TPSA) is 93.4 Å². The van der Waals surface area contributed by atoms with Gasteiger partial charge in [-0.2, -0.15) is 4.98 Å². The predicted molar refractivity (Wildman–Crippen MR) is 59.3 cm³/mol. The average molecular weight is 230 g/mol. The summed E-state index contributed by atoms with van der Waals surface area (Å²) in [4.78, 5) is 18.7. The maximum absolute atomic E-state index is 13.1. The number of pyridine rings is 1. The molecule has 3 N–H and O–H groups in total. The van der Waals surface area contributed by atoms with E-state index in [0.29, 0.717) is 22.4 Å². The number of aromatic amines is 1. The molecule has 7 heteroatoms. The van der Waals surface area contributed by atoms with Gasteiger partial charge in [-0.1, -0.05) is 0 Å². The van der Waals surface area contributed by atoms with Crippen molar-refractivity contribution in [1.29, 1.82) is 0 Å². The van der Waals surface area contributed by atoms with Crippen molar-refractivity contribution < 1.29 is 4.39 Å². The highest BCUT2D eigenvalue weighted by molar-refractivity contribution is 5.87. The minimum atomic E-state index is -0.438. The summed E-state index contributed by atoms with van der Waals surface area (Å²) in [6.07, 6.45) is 4.11. The van der Waals surface area contributed by atoms with Crippen LogP contribution in [0.1, 0.15) is 0 Å². The molecule has 3 heterocycles. The molecule has 0 radical (unpaired) electrons. The fraction of sp³-hybridized carbons (Fsp3) is 0. The average Bonchev–Trinajstić information content (AvgIpc) is 2.75. The van der Waals surface area contributed by atoms with Crippen LogP contribution in [0.3, 0.4) is 0 Å². The lowest BCUT2D eigenvalue weighted by Crippen LogP contribution is -1.98. The number of nitrogens with two attached hydrogens (primary N) is 1. The molecule has 0 aromatic carbocycles. The van der Waals surface area contributed by atoms with Crippen LogP contribution in [0.2, 0.25) is 0 Å². The van der Waals surface area contributed by atoms with Gasteiger partial charge in [-0.15, -0.1) is 0 Å². The Bertz CT molecular complexity index is 692. The van der Waals surface area contributed by atoms with Gasteiger partial charge in [0.25, 0.3) is 0 Å². The zero-order valence-electron chi connectivity index (χ0n) is 8.55. The van der Waals surface area contributed by atoms with Crippen molar-refractivity contribution in [3.63, 3.8) is 0 Å². The molecule has 0 fully saturated rings. The summed E-state index contributed by atoms with van der Waals surface area (Å²) in [7, 11) is 0. The highest BCUT2D eigenvalue weighted by Crippen LogP contribution is 2.24. The molecule has 6 nitrogen and oxygen atoms in total. The second-order valence-electron chi connectivity index (χ2n) is 3.42. The van der Waals surface area contributed by atoms with E-state index in [1.54, 1.807) is 0 Å². The van der Waals surface area contributed by atoms with Crippen molar-refractivity contribution in [3.8, 4) is 11.3 Å². The van der Waals surface area contributed by atoms with Crippen LogP contribution >= 0.6 is 0 Å². The molecule has 0 bridgehead atoms. The summed E-state index contributed by atoms with van der Waals surface area (Å²) < 4.78 is 13.1. The van der Waals surface area contributed by atoms with Crippen LogP contribution in [0.15, 0.2) is 24.8 Å². The van der Waals surface area contributed by atoms with Crippen LogP contribution in [0.4, 0.5) is 10.3 Å². The molecule has 0 atom stereocenters. The number of hydrogen-bond acceptors (Lipinski definition) is 5. The van der Waals surface area contributed by atoms with Gasteiger partial charge in [0, 0.05) is 11.8 Å². The molecular weight excluding hydrogens is 223 g/mol. The predicted octanol–water partition coefficient (Wildman–Crippen LogP) is 1.14. The molecule has 0 spiro atoms. The van der Waals surface area contributed by atoms with Gasteiger partial charge in [0.15, 0.2) is 5.65 Å². The molecule has 3 rings (SSSR count). The molecular formula is C10H7FN6. The van der Waals surface area contributed by atoms with Crippen LogP contribution in [0.25, 0.3) is 22.4 Å². The first-order chi connectivity index (χ1) is 8.24. The van der Waals surface area contributed by atoms with Crippen LogP contribution < -0.4 is 5.73 Å². The van der Waals surface area contributed by atoms with Gasteiger partial charge >= 0.3 is 0 Å². The van der Waals surface area contributed by atoms with E-state index in [0.717, 1.165) is 6.20 Å². The summed E-state index contributed by atoms with van der Waals surface area (Å²) >= 11 is 0. The summed E-state index contributed by atoms with van der Waals surface area (Å²) in [5.41, 5.74) is 7.62. The van der Waals surface area contributed by atoms with Gasteiger partial charge in [0.05, 0.1) is 12.5 Å². The van der Waals surface area contributed by atoms with Crippen LogP contribution in [-0.2, 0) is 0 Å². The summed E-state index contributed by atoms with van der Waals surface area (Å²) in [5, 5.41) is 0. The van der Waals surface area contributed by atoms with Crippen molar-refractivity contribution in [3.05, 3.63) is 30.6 Å². The zero-order valence-corrected chi connectivity index (χ0v) is 8.55. The molecule has 3 aromatic heterocycles. The van der Waals surface area contributed by atoms with Crippen molar-refractivity contribution in [1.82, 2.24) is 24.9 Å². The Morgan fingerprint density at radius 2 is 2.12 bits per heavy atom. The number of anilines is 1. The first-order valence-electron chi connectivity index (χ1n) is 4.81. The van der Waals surface area contributed by atoms with Gasteiger partial charge in [0.2, 0.25) is 5.95 Å². The number of aromatic nitrogens is 5. The fourth-order valence-electron chi connectivity index (χ4n) is 1.60. The fourth-order valence-corrected chi connectivity index (χ4v) is 1.60. The number of nitrogens with one attached hydrogen (secondary N) is 1. The Morgan fingerprint density at radius 1 is 1.24 bits per heavy atom. The number of rotatable bonds is 1. The van der Waals surface area contributed by atoms with Gasteiger partial charge in [-0.05, 0) is 6.07 Å². The molecule has 84 valence electrons. The van der Waals surface area contributed by atoms with E-state index in [-0.39, 0.29) is 5.95 Å². The Hall–Kier alpha value is -2.57. The number of fused-ring (bicyclic) bond motifs is 1. The highest BCUT2D eigenvalue weighted by Gasteiger charge is 2.11. The molecule has 0 aliphatic rings. The molecule has 0 aliphatic heterocycles. The third-order valence-electron chi connectivity index (χ3n) is 2.28. The lowest BCUT2D eigenvalue weighted by molar-refractivity contribution is 0.622. The van der Waals surface area contributed by atoms with Crippen molar-refractivity contribution >= 4 is 17.1 Å². The molecule has 0 saturated carbocycles. The van der Waals surface area contributed by atoms with E-state index >= 15 is 0 Å². The minimum absolute atomic E-state index is 0.0869. The zero-order chi connectivity index (χ0) is 11.8. The second kappa shape index (κ2) is 3.48. The first-order valence-corrected chi connectivity index (χ1v) is 4.81. The number of hydrogen-bond donors (Lipinski definition) is 2. The Kier molecular flexibility index (Phi) is 1.97. The maximum atomic E-state index is 13.1. The van der Waals surface area contributed by atoms with Crippen molar-refractivity contribution in [2.45, 2.75) is 0 Å². The van der Waals surface area contributed by atoms with Crippen LogP contribution in [-0.4, -0.2) is 24.9 Å². The summed E-state index contributed by atoms with van der Waals surface area (Å²) in [6.45, 7) is 0. The number of imidazole rings is 1. The Morgan fingerprint density at radius 3 is 2.94 bits per heavy atom. The normalized spacial score (nSPS) is 10.9.